The van der Waals surface area contributed by atoms with Crippen LogP contribution in [0.15, 0.2) is 97.1 Å². The molecule has 35 heavy (non-hydrogen) atoms. The number of fused-ring (bicyclic) bond motifs is 1. The number of nitrogens with one attached hydrogen (secondary N) is 1. The molecule has 0 saturated heterocycles. The van der Waals surface area contributed by atoms with Crippen molar-refractivity contribution in [2.45, 2.75) is 12.5 Å². The van der Waals surface area contributed by atoms with Crippen LogP contribution in [-0.2, 0) is 10.3 Å². The second-order valence-electron chi connectivity index (χ2n) is 8.10. The van der Waals surface area contributed by atoms with Gasteiger partial charge in [-0.15, -0.1) is 5.10 Å². The summed E-state index contributed by atoms with van der Waals surface area (Å²) in [7, 11) is 1.55. The summed E-state index contributed by atoms with van der Waals surface area (Å²) in [6.45, 7) is 1.42. The van der Waals surface area contributed by atoms with Gasteiger partial charge in [0.05, 0.1) is 12.6 Å². The number of nitrogens with zero attached hydrogens (tertiary/aromatic N) is 3. The monoisotopic (exact) mass is 482 g/mol. The molecule has 7 heteroatoms. The molecule has 0 atom stereocenters. The minimum absolute atomic E-state index is 0.230. The Morgan fingerprint density at radius 2 is 1.37 bits per heavy atom. The van der Waals surface area contributed by atoms with Gasteiger partial charge < -0.3 is 10.1 Å². The van der Waals surface area contributed by atoms with Gasteiger partial charge in [0.15, 0.2) is 0 Å². The standard InChI is InChI=1S/C28H23ClN4O2/c1-19(34)30-26-25-23(18-24(29)31-26)33(32-27(25)35-2)28(20-12-6-3-7-13-20,21-14-8-4-9-15-21)22-16-10-5-11-17-22/h3-18H,1-2H3,(H,30,31,34). The average Bonchev–Trinajstić information content (AvgIpc) is 3.25. The van der Waals surface area contributed by atoms with Crippen LogP contribution in [0.2, 0.25) is 5.15 Å². The van der Waals surface area contributed by atoms with E-state index in [4.69, 9.17) is 21.4 Å². The van der Waals surface area contributed by atoms with Gasteiger partial charge in [-0.1, -0.05) is 103 Å². The van der Waals surface area contributed by atoms with Gasteiger partial charge >= 0.3 is 0 Å². The first-order valence-electron chi connectivity index (χ1n) is 11.1. The summed E-state index contributed by atoms with van der Waals surface area (Å²) < 4.78 is 7.62. The van der Waals surface area contributed by atoms with E-state index >= 15 is 0 Å². The molecule has 0 saturated carbocycles. The van der Waals surface area contributed by atoms with Gasteiger partial charge in [0, 0.05) is 13.0 Å². The molecule has 3 aromatic carbocycles. The van der Waals surface area contributed by atoms with E-state index < -0.39 is 5.54 Å². The van der Waals surface area contributed by atoms with Crippen LogP contribution in [-0.4, -0.2) is 27.8 Å². The predicted octanol–water partition coefficient (Wildman–Crippen LogP) is 5.89. The SMILES string of the molecule is COc1nn(C(c2ccccc2)(c2ccccc2)c2ccccc2)c2cc(Cl)nc(NC(C)=O)c12. The van der Waals surface area contributed by atoms with E-state index in [2.05, 4.69) is 46.7 Å². The minimum Gasteiger partial charge on any atom is -0.479 e. The fourth-order valence-electron chi connectivity index (χ4n) is 4.63. The molecule has 1 N–H and O–H groups in total. The van der Waals surface area contributed by atoms with E-state index in [1.165, 1.54) is 6.92 Å². The molecular weight excluding hydrogens is 460 g/mol. The summed E-state index contributed by atoms with van der Waals surface area (Å²) >= 11 is 6.48. The summed E-state index contributed by atoms with van der Waals surface area (Å²) in [4.78, 5) is 16.3. The Morgan fingerprint density at radius 1 is 0.886 bits per heavy atom. The van der Waals surface area contributed by atoms with Gasteiger partial charge in [-0.3, -0.25) is 4.79 Å². The predicted molar refractivity (Wildman–Crippen MR) is 138 cm³/mol. The fraction of sp³-hybridized carbons (Fsp3) is 0.107. The molecule has 5 rings (SSSR count). The average molecular weight is 483 g/mol. The van der Waals surface area contributed by atoms with Gasteiger partial charge in [0.25, 0.3) is 0 Å². The zero-order valence-corrected chi connectivity index (χ0v) is 20.0. The topological polar surface area (TPSA) is 69.0 Å². The fourth-order valence-corrected chi connectivity index (χ4v) is 4.82. The molecule has 0 aliphatic carbocycles. The number of aromatic nitrogens is 3. The van der Waals surface area contributed by atoms with Crippen molar-refractivity contribution >= 4 is 34.2 Å². The highest BCUT2D eigenvalue weighted by Crippen LogP contribution is 2.45. The summed E-state index contributed by atoms with van der Waals surface area (Å²) in [5.41, 5.74) is 2.79. The number of hydrogen-bond donors (Lipinski definition) is 1. The molecule has 1 amide bonds. The van der Waals surface area contributed by atoms with Crippen molar-refractivity contribution in [3.8, 4) is 5.88 Å². The number of rotatable bonds is 6. The van der Waals surface area contributed by atoms with Crippen LogP contribution in [0.4, 0.5) is 5.82 Å². The van der Waals surface area contributed by atoms with E-state index in [1.54, 1.807) is 13.2 Å². The van der Waals surface area contributed by atoms with Crippen LogP contribution in [0.1, 0.15) is 23.6 Å². The van der Waals surface area contributed by atoms with Crippen molar-refractivity contribution in [3.05, 3.63) is 119 Å². The van der Waals surface area contributed by atoms with E-state index in [-0.39, 0.29) is 11.1 Å². The number of amides is 1. The zero-order chi connectivity index (χ0) is 24.4. The Kier molecular flexibility index (Phi) is 5.97. The minimum atomic E-state index is -0.878. The van der Waals surface area contributed by atoms with Gasteiger partial charge in [0.2, 0.25) is 11.8 Å². The lowest BCUT2D eigenvalue weighted by molar-refractivity contribution is -0.114. The number of benzene rings is 3. The van der Waals surface area contributed by atoms with Crippen molar-refractivity contribution < 1.29 is 9.53 Å². The maximum Gasteiger partial charge on any atom is 0.244 e. The summed E-state index contributed by atoms with van der Waals surface area (Å²) in [6, 6.07) is 32.3. The second-order valence-corrected chi connectivity index (χ2v) is 8.49. The molecule has 0 aliphatic heterocycles. The number of carbonyl (C=O) groups excluding carboxylic acids is 1. The van der Waals surface area contributed by atoms with E-state index in [1.807, 2.05) is 59.3 Å². The molecule has 0 bridgehead atoms. The number of hydrogen-bond acceptors (Lipinski definition) is 4. The van der Waals surface area contributed by atoms with Gasteiger partial charge in [-0.2, -0.15) is 0 Å². The Balaban J connectivity index is 1.99. The maximum absolute atomic E-state index is 12.0. The number of methoxy groups -OCH3 is 1. The highest BCUT2D eigenvalue weighted by Gasteiger charge is 2.41. The largest absolute Gasteiger partial charge is 0.479 e. The lowest BCUT2D eigenvalue weighted by Crippen LogP contribution is -2.38. The second kappa shape index (κ2) is 9.24. The van der Waals surface area contributed by atoms with Gasteiger partial charge in [-0.05, 0) is 16.7 Å². The van der Waals surface area contributed by atoms with Crippen LogP contribution in [0.25, 0.3) is 10.9 Å². The normalized spacial score (nSPS) is 11.4. The number of halogens is 1. The molecule has 0 radical (unpaired) electrons. The molecule has 5 aromatic rings. The number of pyridine rings is 1. The molecule has 0 spiro atoms. The van der Waals surface area contributed by atoms with Crippen molar-refractivity contribution in [2.24, 2.45) is 0 Å². The zero-order valence-electron chi connectivity index (χ0n) is 19.3. The third-order valence-corrected chi connectivity index (χ3v) is 6.17. The number of carbonyl (C=O) groups is 1. The van der Waals surface area contributed by atoms with Crippen molar-refractivity contribution in [1.29, 1.82) is 0 Å². The van der Waals surface area contributed by atoms with Crippen LogP contribution < -0.4 is 10.1 Å². The van der Waals surface area contributed by atoms with Crippen molar-refractivity contribution in [1.82, 2.24) is 14.8 Å². The molecular formula is C28H23ClN4O2. The maximum atomic E-state index is 12.0. The van der Waals surface area contributed by atoms with Gasteiger partial charge in [0.1, 0.15) is 21.9 Å². The molecule has 174 valence electrons. The first kappa shape index (κ1) is 22.6. The number of ether oxygens (including phenoxy) is 1. The van der Waals surface area contributed by atoms with Crippen LogP contribution in [0.5, 0.6) is 5.88 Å². The molecule has 0 unspecified atom stereocenters. The molecule has 2 heterocycles. The Bertz CT molecular complexity index is 1390. The van der Waals surface area contributed by atoms with E-state index in [9.17, 15) is 4.79 Å². The Labute approximate surface area is 208 Å². The highest BCUT2D eigenvalue weighted by molar-refractivity contribution is 6.30. The third-order valence-electron chi connectivity index (χ3n) is 5.98. The van der Waals surface area contributed by atoms with Crippen molar-refractivity contribution in [2.75, 3.05) is 12.4 Å². The lowest BCUT2D eigenvalue weighted by atomic mass is 9.77. The van der Waals surface area contributed by atoms with Crippen molar-refractivity contribution in [3.63, 3.8) is 0 Å². The van der Waals surface area contributed by atoms with Crippen LogP contribution in [0.3, 0.4) is 0 Å². The van der Waals surface area contributed by atoms with Crippen LogP contribution >= 0.6 is 11.6 Å². The first-order valence-corrected chi connectivity index (χ1v) is 11.5. The Morgan fingerprint density at radius 3 is 1.80 bits per heavy atom. The molecule has 2 aromatic heterocycles. The van der Waals surface area contributed by atoms with Gasteiger partial charge in [-0.25, -0.2) is 9.67 Å². The highest BCUT2D eigenvalue weighted by atomic mass is 35.5. The first-order chi connectivity index (χ1) is 17.1. The summed E-state index contributed by atoms with van der Waals surface area (Å²) in [6.07, 6.45) is 0. The lowest BCUT2D eigenvalue weighted by Gasteiger charge is -2.36. The smallest absolute Gasteiger partial charge is 0.244 e. The molecule has 0 fully saturated rings. The number of anilines is 1. The Hall–Kier alpha value is -4.16. The summed E-state index contributed by atoms with van der Waals surface area (Å²) in [5, 5.41) is 8.54. The van der Waals surface area contributed by atoms with E-state index in [0.29, 0.717) is 22.6 Å². The van der Waals surface area contributed by atoms with Crippen LogP contribution in [0, 0.1) is 0 Å². The van der Waals surface area contributed by atoms with E-state index in [0.717, 1.165) is 16.7 Å². The molecule has 6 nitrogen and oxygen atoms in total. The summed E-state index contributed by atoms with van der Waals surface area (Å²) in [5.74, 6) is 0.364. The molecule has 0 aliphatic rings. The quantitative estimate of drug-likeness (QED) is 0.242. The third kappa shape index (κ3) is 3.82.